The third-order valence-corrected chi connectivity index (χ3v) is 4.75. The predicted molar refractivity (Wildman–Crippen MR) is 99.6 cm³/mol. The minimum atomic E-state index is -0.242. The third kappa shape index (κ3) is 3.53. The topological polar surface area (TPSA) is 121 Å². The van der Waals surface area contributed by atoms with Gasteiger partial charge in [-0.1, -0.05) is 5.21 Å². The number of nitrogens with zero attached hydrogens (tertiary/aromatic N) is 5. The van der Waals surface area contributed by atoms with Crippen molar-refractivity contribution in [2.75, 3.05) is 11.9 Å². The van der Waals surface area contributed by atoms with Crippen molar-refractivity contribution in [1.29, 1.82) is 0 Å². The van der Waals surface area contributed by atoms with E-state index in [0.717, 1.165) is 24.3 Å². The van der Waals surface area contributed by atoms with Crippen LogP contribution >= 0.6 is 0 Å². The number of hydrogen-bond acceptors (Lipinski definition) is 7. The Hall–Kier alpha value is -3.23. The number of hydrogen-bond donors (Lipinski definition) is 2. The molecule has 9 heteroatoms. The van der Waals surface area contributed by atoms with E-state index in [1.807, 2.05) is 31.2 Å². The number of amides is 1. The van der Waals surface area contributed by atoms with Gasteiger partial charge in [-0.15, -0.1) is 5.10 Å². The minimum Gasteiger partial charge on any atom is -0.494 e. The van der Waals surface area contributed by atoms with Crippen molar-refractivity contribution in [3.63, 3.8) is 0 Å². The number of nitrogens with two attached hydrogens (primary N) is 1. The van der Waals surface area contributed by atoms with Gasteiger partial charge in [-0.05, 0) is 50.5 Å². The fourth-order valence-electron chi connectivity index (χ4n) is 3.38. The number of carbonyl (C=O) groups is 1. The first-order valence-corrected chi connectivity index (χ1v) is 9.01. The monoisotopic (exact) mass is 367 g/mol. The second-order valence-electron chi connectivity index (χ2n) is 6.58. The van der Waals surface area contributed by atoms with Gasteiger partial charge in [0.25, 0.3) is 0 Å². The molecular formula is C18H21N7O2. The van der Waals surface area contributed by atoms with Crippen LogP contribution in [0.15, 0.2) is 30.5 Å². The largest absolute Gasteiger partial charge is 0.494 e. The van der Waals surface area contributed by atoms with Gasteiger partial charge < -0.3 is 15.8 Å². The van der Waals surface area contributed by atoms with E-state index in [1.165, 1.54) is 0 Å². The predicted octanol–water partition coefficient (Wildman–Crippen LogP) is 1.68. The summed E-state index contributed by atoms with van der Waals surface area (Å²) in [6, 6.07) is 7.71. The average molecular weight is 367 g/mol. The van der Waals surface area contributed by atoms with Gasteiger partial charge >= 0.3 is 0 Å². The summed E-state index contributed by atoms with van der Waals surface area (Å²) in [6.07, 6.45) is 4.00. The number of ether oxygens (including phenoxy) is 1. The molecule has 0 spiro atoms. The van der Waals surface area contributed by atoms with Crippen molar-refractivity contribution in [1.82, 2.24) is 25.0 Å². The molecule has 1 unspecified atom stereocenters. The van der Waals surface area contributed by atoms with E-state index in [4.69, 9.17) is 10.5 Å². The molecular weight excluding hydrogens is 346 g/mol. The van der Waals surface area contributed by atoms with Crippen LogP contribution in [0, 0.1) is 5.92 Å². The fourth-order valence-corrected chi connectivity index (χ4v) is 3.38. The second kappa shape index (κ2) is 7.18. The SMILES string of the molecule is CCOc1ccc(-n2nnc3cnc(NC4CC[C@@H](C(N)=O)C4)nc32)cc1. The van der Waals surface area contributed by atoms with E-state index < -0.39 is 0 Å². The molecule has 1 fully saturated rings. The Bertz CT molecular complexity index is 954. The highest BCUT2D eigenvalue weighted by Gasteiger charge is 2.28. The summed E-state index contributed by atoms with van der Waals surface area (Å²) in [7, 11) is 0. The quantitative estimate of drug-likeness (QED) is 0.680. The molecule has 1 saturated carbocycles. The smallest absolute Gasteiger partial charge is 0.225 e. The minimum absolute atomic E-state index is 0.0812. The first-order valence-electron chi connectivity index (χ1n) is 9.01. The molecule has 0 aliphatic heterocycles. The summed E-state index contributed by atoms with van der Waals surface area (Å²) in [5.41, 5.74) is 7.45. The highest BCUT2D eigenvalue weighted by atomic mass is 16.5. The van der Waals surface area contributed by atoms with Crippen LogP contribution < -0.4 is 15.8 Å². The molecule has 140 valence electrons. The maximum absolute atomic E-state index is 11.3. The first kappa shape index (κ1) is 17.2. The van der Waals surface area contributed by atoms with E-state index in [-0.39, 0.29) is 17.9 Å². The lowest BCUT2D eigenvalue weighted by molar-refractivity contribution is -0.121. The summed E-state index contributed by atoms with van der Waals surface area (Å²) >= 11 is 0. The number of aromatic nitrogens is 5. The van der Waals surface area contributed by atoms with Gasteiger partial charge in [0, 0.05) is 12.0 Å². The lowest BCUT2D eigenvalue weighted by Crippen LogP contribution is -2.23. The van der Waals surface area contributed by atoms with E-state index in [0.29, 0.717) is 30.1 Å². The van der Waals surface area contributed by atoms with Crippen molar-refractivity contribution >= 4 is 23.0 Å². The first-order chi connectivity index (χ1) is 13.1. The standard InChI is InChI=1S/C18H21N7O2/c1-2-27-14-7-5-13(6-8-14)25-17-15(23-24-25)10-20-18(22-17)21-12-4-3-11(9-12)16(19)26/h5-8,10-12H,2-4,9H2,1H3,(H2,19,26)(H,20,21,22)/t11-,12?/m1/s1. The number of benzene rings is 1. The normalized spacial score (nSPS) is 19.3. The molecule has 3 N–H and O–H groups in total. The molecule has 27 heavy (non-hydrogen) atoms. The zero-order valence-corrected chi connectivity index (χ0v) is 15.0. The van der Waals surface area contributed by atoms with E-state index in [9.17, 15) is 4.79 Å². The molecule has 2 atom stereocenters. The Balaban J connectivity index is 1.57. The van der Waals surface area contributed by atoms with Crippen LogP contribution in [0.1, 0.15) is 26.2 Å². The Morgan fingerprint density at radius 2 is 2.15 bits per heavy atom. The highest BCUT2D eigenvalue weighted by Crippen LogP contribution is 2.27. The van der Waals surface area contributed by atoms with Gasteiger partial charge in [0.15, 0.2) is 11.2 Å². The summed E-state index contributed by atoms with van der Waals surface area (Å²) in [6.45, 7) is 2.56. The third-order valence-electron chi connectivity index (χ3n) is 4.75. The zero-order valence-electron chi connectivity index (χ0n) is 15.0. The average Bonchev–Trinajstić information content (AvgIpc) is 3.30. The van der Waals surface area contributed by atoms with Gasteiger partial charge in [0.1, 0.15) is 5.75 Å². The highest BCUT2D eigenvalue weighted by molar-refractivity contribution is 5.77. The molecule has 3 aromatic rings. The molecule has 0 saturated heterocycles. The van der Waals surface area contributed by atoms with Crippen LogP contribution in [0.2, 0.25) is 0 Å². The zero-order chi connectivity index (χ0) is 18.8. The van der Waals surface area contributed by atoms with Crippen LogP contribution in [0.3, 0.4) is 0 Å². The van der Waals surface area contributed by atoms with E-state index in [1.54, 1.807) is 10.9 Å². The van der Waals surface area contributed by atoms with Crippen molar-refractivity contribution in [2.45, 2.75) is 32.2 Å². The Morgan fingerprint density at radius 3 is 2.85 bits per heavy atom. The summed E-state index contributed by atoms with van der Waals surface area (Å²) in [5.74, 6) is 0.968. The fraction of sp³-hybridized carbons (Fsp3) is 0.389. The van der Waals surface area contributed by atoms with Gasteiger partial charge in [0.05, 0.1) is 18.5 Å². The second-order valence-corrected chi connectivity index (χ2v) is 6.58. The lowest BCUT2D eigenvalue weighted by Gasteiger charge is -2.12. The van der Waals surface area contributed by atoms with Crippen LogP contribution in [0.25, 0.3) is 16.9 Å². The van der Waals surface area contributed by atoms with Crippen LogP contribution in [0.5, 0.6) is 5.75 Å². The van der Waals surface area contributed by atoms with Crippen LogP contribution in [-0.4, -0.2) is 43.5 Å². The van der Waals surface area contributed by atoms with Crippen molar-refractivity contribution in [2.24, 2.45) is 11.7 Å². The Labute approximate surface area is 155 Å². The maximum atomic E-state index is 11.3. The summed E-state index contributed by atoms with van der Waals surface area (Å²) in [5, 5.41) is 11.6. The molecule has 0 radical (unpaired) electrons. The summed E-state index contributed by atoms with van der Waals surface area (Å²) < 4.78 is 7.14. The molecule has 4 rings (SSSR count). The van der Waals surface area contributed by atoms with Crippen molar-refractivity contribution in [3.05, 3.63) is 30.5 Å². The van der Waals surface area contributed by atoms with Crippen LogP contribution in [-0.2, 0) is 4.79 Å². The van der Waals surface area contributed by atoms with Gasteiger partial charge in [-0.3, -0.25) is 4.79 Å². The molecule has 2 aromatic heterocycles. The van der Waals surface area contributed by atoms with E-state index in [2.05, 4.69) is 25.6 Å². The van der Waals surface area contributed by atoms with Crippen molar-refractivity contribution < 1.29 is 9.53 Å². The maximum Gasteiger partial charge on any atom is 0.225 e. The van der Waals surface area contributed by atoms with Gasteiger partial charge in [-0.2, -0.15) is 9.67 Å². The number of nitrogens with one attached hydrogen (secondary N) is 1. The van der Waals surface area contributed by atoms with Gasteiger partial charge in [0.2, 0.25) is 11.9 Å². The molecule has 0 bridgehead atoms. The number of rotatable bonds is 6. The molecule has 9 nitrogen and oxygen atoms in total. The van der Waals surface area contributed by atoms with Crippen LogP contribution in [0.4, 0.5) is 5.95 Å². The Morgan fingerprint density at radius 1 is 1.33 bits per heavy atom. The Kier molecular flexibility index (Phi) is 4.57. The number of fused-ring (bicyclic) bond motifs is 1. The molecule has 1 aliphatic carbocycles. The number of primary amides is 1. The molecule has 1 amide bonds. The number of carbonyl (C=O) groups excluding carboxylic acids is 1. The number of anilines is 1. The van der Waals surface area contributed by atoms with Crippen molar-refractivity contribution in [3.8, 4) is 11.4 Å². The molecule has 1 aliphatic rings. The summed E-state index contributed by atoms with van der Waals surface area (Å²) in [4.78, 5) is 20.2. The van der Waals surface area contributed by atoms with E-state index >= 15 is 0 Å². The molecule has 1 aromatic carbocycles. The van der Waals surface area contributed by atoms with Gasteiger partial charge in [-0.25, -0.2) is 4.98 Å². The lowest BCUT2D eigenvalue weighted by atomic mass is 10.1. The molecule has 2 heterocycles.